The van der Waals surface area contributed by atoms with E-state index in [1.165, 1.54) is 37.3 Å². The summed E-state index contributed by atoms with van der Waals surface area (Å²) in [6.45, 7) is 8.64. The van der Waals surface area contributed by atoms with E-state index in [-0.39, 0.29) is 62.0 Å². The predicted molar refractivity (Wildman–Crippen MR) is 259 cm³/mol. The van der Waals surface area contributed by atoms with Gasteiger partial charge in [-0.2, -0.15) is 5.06 Å². The lowest BCUT2D eigenvalue weighted by atomic mass is 9.90. The number of rotatable bonds is 26. The number of imide groups is 1. The van der Waals surface area contributed by atoms with Gasteiger partial charge in [-0.15, -0.1) is 0 Å². The van der Waals surface area contributed by atoms with Crippen LogP contribution in [0.4, 0.5) is 9.59 Å². The van der Waals surface area contributed by atoms with E-state index < -0.39 is 77.8 Å². The third-order valence-corrected chi connectivity index (χ3v) is 10.6. The maximum absolute atomic E-state index is 13.8. The highest BCUT2D eigenvalue weighted by Crippen LogP contribution is 2.30. The van der Waals surface area contributed by atoms with Crippen LogP contribution in [-0.4, -0.2) is 102 Å². The van der Waals surface area contributed by atoms with E-state index in [9.17, 15) is 43.2 Å². The van der Waals surface area contributed by atoms with Crippen LogP contribution < -0.4 is 20.7 Å². The Hall–Kier alpha value is -8.03. The number of benzene rings is 3. The van der Waals surface area contributed by atoms with Crippen molar-refractivity contribution in [1.82, 2.24) is 25.9 Å². The van der Waals surface area contributed by atoms with Gasteiger partial charge in [-0.05, 0) is 75.9 Å². The van der Waals surface area contributed by atoms with Crippen molar-refractivity contribution in [2.75, 3.05) is 20.3 Å². The molecule has 0 aliphatic heterocycles. The second-order valence-corrected chi connectivity index (χ2v) is 17.5. The fraction of sp³-hybridized carbons (Fsp3) is 0.404. The van der Waals surface area contributed by atoms with E-state index in [1.54, 1.807) is 82.3 Å². The Morgan fingerprint density at radius 2 is 1.43 bits per heavy atom. The highest BCUT2D eigenvalue weighted by atomic mass is 16.7. The van der Waals surface area contributed by atoms with Gasteiger partial charge in [0.2, 0.25) is 12.3 Å². The summed E-state index contributed by atoms with van der Waals surface area (Å²) >= 11 is 0. The van der Waals surface area contributed by atoms with Gasteiger partial charge < -0.3 is 44.2 Å². The van der Waals surface area contributed by atoms with Gasteiger partial charge in [-0.3, -0.25) is 24.0 Å². The molecule has 386 valence electrons. The van der Waals surface area contributed by atoms with Crippen molar-refractivity contribution in [3.8, 4) is 17.1 Å². The van der Waals surface area contributed by atoms with Gasteiger partial charge in [0.15, 0.2) is 12.4 Å². The molecule has 0 bridgehead atoms. The summed E-state index contributed by atoms with van der Waals surface area (Å²) < 4.78 is 27.7. The molecule has 3 aromatic carbocycles. The summed E-state index contributed by atoms with van der Waals surface area (Å²) in [7, 11) is 1.12. The zero-order chi connectivity index (χ0) is 52.8. The van der Waals surface area contributed by atoms with Crippen LogP contribution in [0.15, 0.2) is 95.4 Å². The van der Waals surface area contributed by atoms with Gasteiger partial charge in [0.05, 0.1) is 24.2 Å². The van der Waals surface area contributed by atoms with Crippen molar-refractivity contribution in [2.45, 2.75) is 111 Å². The zero-order valence-electron chi connectivity index (χ0n) is 41.6. The van der Waals surface area contributed by atoms with Crippen LogP contribution in [0.5, 0.6) is 5.75 Å². The summed E-state index contributed by atoms with van der Waals surface area (Å²) in [4.78, 5) is 123. The van der Waals surface area contributed by atoms with Gasteiger partial charge in [0.25, 0.3) is 11.8 Å². The Labute approximate surface area is 417 Å². The summed E-state index contributed by atoms with van der Waals surface area (Å²) in [5, 5.41) is 8.46. The second kappa shape index (κ2) is 28.0. The Morgan fingerprint density at radius 1 is 0.778 bits per heavy atom. The molecule has 0 unspecified atom stereocenters. The average molecular weight is 998 g/mol. The molecule has 0 saturated heterocycles. The first-order valence-corrected chi connectivity index (χ1v) is 23.4. The number of hydrogen-bond donors (Lipinski definition) is 3. The third-order valence-electron chi connectivity index (χ3n) is 10.6. The van der Waals surface area contributed by atoms with Crippen LogP contribution in [-0.2, 0) is 56.2 Å². The van der Waals surface area contributed by atoms with Crippen LogP contribution in [0.3, 0.4) is 0 Å². The van der Waals surface area contributed by atoms with Crippen molar-refractivity contribution in [3.63, 3.8) is 0 Å². The number of ketones is 1. The maximum Gasteiger partial charge on any atom is 0.443 e. The fourth-order valence-corrected chi connectivity index (χ4v) is 6.97. The van der Waals surface area contributed by atoms with Crippen LogP contribution >= 0.6 is 0 Å². The van der Waals surface area contributed by atoms with Gasteiger partial charge in [-0.25, -0.2) is 24.1 Å². The van der Waals surface area contributed by atoms with Crippen LogP contribution in [0.2, 0.25) is 0 Å². The second-order valence-electron chi connectivity index (χ2n) is 17.5. The first-order valence-electron chi connectivity index (χ1n) is 23.4. The standard InChI is InChI=1S/C52H63N5O15/c1-8-10-13-22-38(41(9-2)57(33-58)72-51(66)56(7)50(65)71-52(4,5)6)46(61)53-32-54-48(63)43-26-25-42(70-43)37-23-24-39(44(28-37)67-31-45(60)68-29-35-18-14-11-15-19-35)47(62)55-40(27-34(3)59)49(64)69-30-36-20-16-12-17-21-36/h11-12,14-21,23-26,28,33,38,40-41H,8-10,13,22,27,29-32H2,1-7H3,(H,53,61)(H,54,63)(H,55,62)/t38-,40+,41-/m1/s1. The number of furan rings is 1. The molecule has 4 aromatic rings. The topological polar surface area (TPSA) is 255 Å². The fourth-order valence-electron chi connectivity index (χ4n) is 6.97. The lowest BCUT2D eigenvalue weighted by Gasteiger charge is -2.32. The van der Waals surface area contributed by atoms with E-state index in [0.29, 0.717) is 33.9 Å². The average Bonchev–Trinajstić information content (AvgIpc) is 3.86. The number of nitrogens with zero attached hydrogens (tertiary/aromatic N) is 2. The largest absolute Gasteiger partial charge is 0.481 e. The molecular weight excluding hydrogens is 935 g/mol. The summed E-state index contributed by atoms with van der Waals surface area (Å²) in [6, 6.07) is 22.5. The third kappa shape index (κ3) is 18.1. The van der Waals surface area contributed by atoms with Crippen molar-refractivity contribution in [3.05, 3.63) is 113 Å². The van der Waals surface area contributed by atoms with Crippen molar-refractivity contribution < 1.29 is 71.4 Å². The SMILES string of the molecule is CCCCC[C@@H](C(=O)NCNC(=O)c1ccc(-c2ccc(C(=O)N[C@@H](CC(C)=O)C(=O)OCc3ccccc3)c(OCC(=O)OCc3ccccc3)c2)o1)[C@@H](CC)N(C=O)OC(=O)N(C)C(=O)OC(C)(C)C. The highest BCUT2D eigenvalue weighted by Gasteiger charge is 2.35. The molecule has 0 aliphatic rings. The monoisotopic (exact) mass is 997 g/mol. The molecule has 0 spiro atoms. The number of carbonyl (C=O) groups is 9. The number of hydrogen-bond acceptors (Lipinski definition) is 15. The molecule has 1 aromatic heterocycles. The predicted octanol–water partition coefficient (Wildman–Crippen LogP) is 7.05. The molecule has 72 heavy (non-hydrogen) atoms. The maximum atomic E-state index is 13.8. The number of hydroxylamine groups is 2. The van der Waals surface area contributed by atoms with Crippen molar-refractivity contribution >= 4 is 54.0 Å². The lowest BCUT2D eigenvalue weighted by Crippen LogP contribution is -2.50. The molecule has 3 atom stereocenters. The molecule has 4 rings (SSSR count). The van der Waals surface area contributed by atoms with Crippen molar-refractivity contribution in [1.29, 1.82) is 0 Å². The number of Topliss-reactive ketones (excluding diaryl/α,β-unsaturated/α-hetero) is 1. The molecule has 6 amide bonds. The molecular formula is C52H63N5O15. The number of nitrogens with one attached hydrogen (secondary N) is 3. The summed E-state index contributed by atoms with van der Waals surface area (Å²) in [5.41, 5.74) is 0.683. The smallest absolute Gasteiger partial charge is 0.443 e. The first kappa shape index (κ1) is 56.6. The minimum absolute atomic E-state index is 0.0411. The zero-order valence-corrected chi connectivity index (χ0v) is 41.6. The van der Waals surface area contributed by atoms with Crippen LogP contribution in [0, 0.1) is 5.92 Å². The van der Waals surface area contributed by atoms with Gasteiger partial charge in [0.1, 0.15) is 42.1 Å². The van der Waals surface area contributed by atoms with Crippen LogP contribution in [0.1, 0.15) is 112 Å². The van der Waals surface area contributed by atoms with E-state index in [0.717, 1.165) is 25.5 Å². The van der Waals surface area contributed by atoms with E-state index >= 15 is 0 Å². The number of esters is 2. The highest BCUT2D eigenvalue weighted by molar-refractivity contribution is 6.00. The Bertz CT molecular complexity index is 2490. The van der Waals surface area contributed by atoms with Gasteiger partial charge >= 0.3 is 24.1 Å². The quantitative estimate of drug-likeness (QED) is 0.0142. The van der Waals surface area contributed by atoms with Gasteiger partial charge in [-0.1, -0.05) is 99.8 Å². The minimum atomic E-state index is -1.37. The minimum Gasteiger partial charge on any atom is -0.481 e. The molecule has 20 heteroatoms. The molecule has 3 N–H and O–H groups in total. The Kier molecular flexibility index (Phi) is 22.0. The first-order chi connectivity index (χ1) is 34.3. The van der Waals surface area contributed by atoms with E-state index in [2.05, 4.69) is 16.0 Å². The number of ether oxygens (including phenoxy) is 4. The number of carbonyl (C=O) groups excluding carboxylic acids is 9. The Balaban J connectivity index is 1.49. The van der Waals surface area contributed by atoms with Gasteiger partial charge in [0, 0.05) is 19.0 Å². The van der Waals surface area contributed by atoms with Crippen LogP contribution in [0.25, 0.3) is 11.3 Å². The molecule has 1 heterocycles. The Morgan fingerprint density at radius 3 is 2.03 bits per heavy atom. The van der Waals surface area contributed by atoms with E-state index in [4.69, 9.17) is 28.2 Å². The summed E-state index contributed by atoms with van der Waals surface area (Å²) in [6.07, 6.45) is 0.317. The number of amides is 6. The lowest BCUT2D eigenvalue weighted by molar-refractivity contribution is -0.172. The molecule has 20 nitrogen and oxygen atoms in total. The number of unbranched alkanes of at least 4 members (excludes halogenated alkanes) is 2. The molecule has 0 saturated carbocycles. The van der Waals surface area contributed by atoms with Crippen molar-refractivity contribution in [2.24, 2.45) is 5.92 Å². The molecule has 0 radical (unpaired) electrons. The molecule has 0 aliphatic carbocycles. The molecule has 0 fully saturated rings. The normalized spacial score (nSPS) is 12.2. The van der Waals surface area contributed by atoms with E-state index in [1.807, 2.05) is 13.0 Å². The summed E-state index contributed by atoms with van der Waals surface area (Å²) in [5.74, 6) is -5.20.